The van der Waals surface area contributed by atoms with Crippen molar-refractivity contribution in [2.24, 2.45) is 0 Å². The summed E-state index contributed by atoms with van der Waals surface area (Å²) < 4.78 is 14.0. The SMILES string of the molecule is O=C(NCCSCc1ccccc1F)c1ccc(C2SCCCS2)cc1. The van der Waals surface area contributed by atoms with Crippen molar-refractivity contribution in [1.29, 1.82) is 0 Å². The number of amides is 1. The summed E-state index contributed by atoms with van der Waals surface area (Å²) in [6.07, 6.45) is 1.28. The van der Waals surface area contributed by atoms with Crippen LogP contribution in [0.3, 0.4) is 0 Å². The highest BCUT2D eigenvalue weighted by Gasteiger charge is 2.16. The second-order valence-corrected chi connectivity index (χ2v) is 9.78. The summed E-state index contributed by atoms with van der Waals surface area (Å²) in [7, 11) is 0. The quantitative estimate of drug-likeness (QED) is 0.626. The first kappa shape index (κ1) is 19.6. The van der Waals surface area contributed by atoms with E-state index < -0.39 is 0 Å². The molecule has 0 saturated carbocycles. The molecule has 6 heteroatoms. The fourth-order valence-corrected chi connectivity index (χ4v) is 6.35. The van der Waals surface area contributed by atoms with Crippen molar-refractivity contribution in [1.82, 2.24) is 5.32 Å². The molecule has 1 aliphatic rings. The first-order valence-corrected chi connectivity index (χ1v) is 11.9. The summed E-state index contributed by atoms with van der Waals surface area (Å²) in [6, 6.07) is 14.8. The number of hydrogen-bond donors (Lipinski definition) is 1. The summed E-state index contributed by atoms with van der Waals surface area (Å²) >= 11 is 5.58. The van der Waals surface area contributed by atoms with Crippen LogP contribution in [-0.2, 0) is 5.75 Å². The lowest BCUT2D eigenvalue weighted by Gasteiger charge is -2.21. The standard InChI is InChI=1S/C20H22FNOS3/c21-18-5-2-1-4-17(18)14-24-13-10-22-19(23)15-6-8-16(9-7-15)20-25-11-3-12-26-20/h1-2,4-9,20H,3,10-14H2,(H,22,23). The molecule has 1 fully saturated rings. The molecule has 1 aliphatic heterocycles. The molecular weight excluding hydrogens is 385 g/mol. The molecule has 138 valence electrons. The number of carbonyl (C=O) groups is 1. The molecular formula is C20H22FNOS3. The highest BCUT2D eigenvalue weighted by molar-refractivity contribution is 8.16. The zero-order chi connectivity index (χ0) is 18.2. The number of hydrogen-bond acceptors (Lipinski definition) is 4. The molecule has 1 saturated heterocycles. The maximum atomic E-state index is 13.5. The summed E-state index contributed by atoms with van der Waals surface area (Å²) in [4.78, 5) is 12.2. The van der Waals surface area contributed by atoms with Crippen LogP contribution in [0, 0.1) is 5.82 Å². The van der Waals surface area contributed by atoms with Gasteiger partial charge in [-0.15, -0.1) is 23.5 Å². The van der Waals surface area contributed by atoms with Crippen molar-refractivity contribution in [2.75, 3.05) is 23.8 Å². The summed E-state index contributed by atoms with van der Waals surface area (Å²) in [6.45, 7) is 0.577. The largest absolute Gasteiger partial charge is 0.351 e. The lowest BCUT2D eigenvalue weighted by Crippen LogP contribution is -2.25. The predicted octanol–water partition coefficient (Wildman–Crippen LogP) is 5.36. The van der Waals surface area contributed by atoms with Crippen molar-refractivity contribution < 1.29 is 9.18 Å². The van der Waals surface area contributed by atoms with Crippen molar-refractivity contribution in [3.63, 3.8) is 0 Å². The lowest BCUT2D eigenvalue weighted by atomic mass is 10.1. The van der Waals surface area contributed by atoms with Crippen molar-refractivity contribution >= 4 is 41.2 Å². The Balaban J connectivity index is 1.40. The minimum absolute atomic E-state index is 0.0491. The molecule has 26 heavy (non-hydrogen) atoms. The summed E-state index contributed by atoms with van der Waals surface area (Å²) in [5.41, 5.74) is 2.69. The van der Waals surface area contributed by atoms with Gasteiger partial charge in [-0.3, -0.25) is 4.79 Å². The molecule has 2 aromatic carbocycles. The Labute approximate surface area is 167 Å². The summed E-state index contributed by atoms with van der Waals surface area (Å²) in [5.74, 6) is 3.58. The molecule has 0 radical (unpaired) electrons. The van der Waals surface area contributed by atoms with E-state index in [-0.39, 0.29) is 11.7 Å². The molecule has 3 rings (SSSR count). The van der Waals surface area contributed by atoms with Gasteiger partial charge in [-0.2, -0.15) is 11.8 Å². The minimum atomic E-state index is -0.168. The van der Waals surface area contributed by atoms with Gasteiger partial charge in [0.2, 0.25) is 0 Å². The number of carbonyl (C=O) groups excluding carboxylic acids is 1. The Bertz CT molecular complexity index is 717. The smallest absolute Gasteiger partial charge is 0.251 e. The van der Waals surface area contributed by atoms with Gasteiger partial charge in [-0.05, 0) is 47.3 Å². The minimum Gasteiger partial charge on any atom is -0.351 e. The molecule has 2 aromatic rings. The fourth-order valence-electron chi connectivity index (χ4n) is 2.61. The third-order valence-corrected chi connectivity index (χ3v) is 8.04. The van der Waals surface area contributed by atoms with Gasteiger partial charge in [0.05, 0.1) is 4.58 Å². The molecule has 0 aliphatic carbocycles. The van der Waals surface area contributed by atoms with Gasteiger partial charge in [-0.25, -0.2) is 4.39 Å². The molecule has 1 N–H and O–H groups in total. The van der Waals surface area contributed by atoms with E-state index in [4.69, 9.17) is 0 Å². The Morgan fingerprint density at radius 2 is 1.85 bits per heavy atom. The van der Waals surface area contributed by atoms with Crippen LogP contribution in [0.2, 0.25) is 0 Å². The van der Waals surface area contributed by atoms with Gasteiger partial charge in [0, 0.05) is 23.6 Å². The monoisotopic (exact) mass is 407 g/mol. The molecule has 0 aromatic heterocycles. The van der Waals surface area contributed by atoms with Gasteiger partial charge >= 0.3 is 0 Å². The van der Waals surface area contributed by atoms with Crippen molar-refractivity contribution in [2.45, 2.75) is 16.8 Å². The van der Waals surface area contributed by atoms with Crippen molar-refractivity contribution in [3.05, 3.63) is 71.0 Å². The Hall–Kier alpha value is -1.11. The van der Waals surface area contributed by atoms with Crippen LogP contribution in [0.5, 0.6) is 0 Å². The molecule has 0 bridgehead atoms. The number of halogens is 1. The van der Waals surface area contributed by atoms with E-state index >= 15 is 0 Å². The van der Waals surface area contributed by atoms with Crippen LogP contribution in [0.15, 0.2) is 48.5 Å². The van der Waals surface area contributed by atoms with Crippen LogP contribution in [0.25, 0.3) is 0 Å². The van der Waals surface area contributed by atoms with E-state index in [1.165, 1.54) is 29.6 Å². The number of nitrogens with one attached hydrogen (secondary N) is 1. The van der Waals surface area contributed by atoms with Crippen molar-refractivity contribution in [3.8, 4) is 0 Å². The van der Waals surface area contributed by atoms with Gasteiger partial charge in [0.1, 0.15) is 5.82 Å². The number of benzene rings is 2. The normalized spacial score (nSPS) is 15.0. The molecule has 2 nitrogen and oxygen atoms in total. The Morgan fingerprint density at radius 3 is 2.58 bits per heavy atom. The molecule has 0 atom stereocenters. The maximum Gasteiger partial charge on any atom is 0.251 e. The van der Waals surface area contributed by atoms with Crippen LogP contribution in [0.1, 0.15) is 32.5 Å². The van der Waals surface area contributed by atoms with Crippen LogP contribution in [-0.4, -0.2) is 29.7 Å². The van der Waals surface area contributed by atoms with E-state index in [1.807, 2.05) is 41.7 Å². The predicted molar refractivity (Wildman–Crippen MR) is 114 cm³/mol. The van der Waals surface area contributed by atoms with Crippen LogP contribution < -0.4 is 5.32 Å². The second kappa shape index (κ2) is 10.3. The first-order chi connectivity index (χ1) is 12.7. The zero-order valence-electron chi connectivity index (χ0n) is 14.4. The van der Waals surface area contributed by atoms with Gasteiger partial charge in [-0.1, -0.05) is 30.3 Å². The van der Waals surface area contributed by atoms with Crippen LogP contribution in [0.4, 0.5) is 4.39 Å². The topological polar surface area (TPSA) is 29.1 Å². The number of rotatable bonds is 7. The van der Waals surface area contributed by atoms with E-state index in [0.717, 1.165) is 5.75 Å². The highest BCUT2D eigenvalue weighted by atomic mass is 32.2. The number of thioether (sulfide) groups is 3. The fraction of sp³-hybridized carbons (Fsp3) is 0.350. The zero-order valence-corrected chi connectivity index (χ0v) is 16.9. The molecule has 1 heterocycles. The first-order valence-electron chi connectivity index (χ1n) is 8.66. The van der Waals surface area contributed by atoms with Gasteiger partial charge < -0.3 is 5.32 Å². The van der Waals surface area contributed by atoms with Gasteiger partial charge in [0.25, 0.3) is 5.91 Å². The second-order valence-electron chi connectivity index (χ2n) is 5.95. The third-order valence-electron chi connectivity index (χ3n) is 4.02. The van der Waals surface area contributed by atoms with E-state index in [2.05, 4.69) is 17.4 Å². The average Bonchev–Trinajstić information content (AvgIpc) is 2.70. The average molecular weight is 408 g/mol. The molecule has 0 spiro atoms. The van der Waals surface area contributed by atoms with E-state index in [9.17, 15) is 9.18 Å². The Kier molecular flexibility index (Phi) is 7.77. The van der Waals surface area contributed by atoms with E-state index in [0.29, 0.717) is 28.0 Å². The lowest BCUT2D eigenvalue weighted by molar-refractivity contribution is 0.0956. The molecule has 0 unspecified atom stereocenters. The van der Waals surface area contributed by atoms with E-state index in [1.54, 1.807) is 23.9 Å². The Morgan fingerprint density at radius 1 is 1.12 bits per heavy atom. The third kappa shape index (κ3) is 5.69. The van der Waals surface area contributed by atoms with Crippen LogP contribution >= 0.6 is 35.3 Å². The summed E-state index contributed by atoms with van der Waals surface area (Å²) in [5, 5.41) is 2.93. The van der Waals surface area contributed by atoms with Gasteiger partial charge in [0.15, 0.2) is 0 Å². The highest BCUT2D eigenvalue weighted by Crippen LogP contribution is 2.43. The molecule has 1 amide bonds. The maximum absolute atomic E-state index is 13.5.